The van der Waals surface area contributed by atoms with Crippen LogP contribution in [0.1, 0.15) is 50.9 Å². The highest BCUT2D eigenvalue weighted by Gasteiger charge is 2.54. The van der Waals surface area contributed by atoms with E-state index in [2.05, 4.69) is 20.9 Å². The Balaban J connectivity index is 0.839. The molecule has 0 saturated carbocycles. The second-order valence-corrected chi connectivity index (χ2v) is 24.1. The van der Waals surface area contributed by atoms with E-state index in [-0.39, 0.29) is 70.4 Å². The molecular formula is C69H56N8O12S3. The highest BCUT2D eigenvalue weighted by molar-refractivity contribution is 8.01. The highest BCUT2D eigenvalue weighted by Crippen LogP contribution is 2.44. The Morgan fingerprint density at radius 3 is 2.01 bits per heavy atom. The van der Waals surface area contributed by atoms with Gasteiger partial charge in [0.2, 0.25) is 17.6 Å². The van der Waals surface area contributed by atoms with Crippen LogP contribution in [0.2, 0.25) is 0 Å². The fourth-order valence-electron chi connectivity index (χ4n) is 10.7. The first-order valence-electron chi connectivity index (χ1n) is 28.8. The number of β-lactam (4-membered cyclic amide) rings is 1. The number of nitrogens with zero attached hydrogens (tertiary/aromatic N) is 6. The zero-order valence-corrected chi connectivity index (χ0v) is 51.4. The maximum absolute atomic E-state index is 14.9. The lowest BCUT2D eigenvalue weighted by Crippen LogP contribution is -2.71. The number of hydrogen-bond acceptors (Lipinski definition) is 18. The first kappa shape index (κ1) is 61.5. The van der Waals surface area contributed by atoms with Gasteiger partial charge in [-0.1, -0.05) is 174 Å². The predicted octanol–water partition coefficient (Wildman–Crippen LogP) is 9.08. The average Bonchev–Trinajstić information content (AvgIpc) is 0.915. The molecule has 2 atom stereocenters. The van der Waals surface area contributed by atoms with Crippen molar-refractivity contribution in [2.75, 3.05) is 23.9 Å². The third-order valence-corrected chi connectivity index (χ3v) is 18.4. The summed E-state index contributed by atoms with van der Waals surface area (Å²) in [5.74, 6) is -2.42. The van der Waals surface area contributed by atoms with E-state index in [0.29, 0.717) is 21.2 Å². The molecule has 3 N–H and O–H groups in total. The third-order valence-electron chi connectivity index (χ3n) is 15.2. The van der Waals surface area contributed by atoms with Gasteiger partial charge in [0.25, 0.3) is 11.8 Å². The van der Waals surface area contributed by atoms with Crippen LogP contribution in [0.3, 0.4) is 0 Å². The molecule has 0 unspecified atom stereocenters. The summed E-state index contributed by atoms with van der Waals surface area (Å²) in [6.07, 6.45) is 3.80. The summed E-state index contributed by atoms with van der Waals surface area (Å²) < 4.78 is 26.3. The normalized spacial score (nSPS) is 14.7. The van der Waals surface area contributed by atoms with Gasteiger partial charge in [0.15, 0.2) is 53.6 Å². The molecule has 23 heteroatoms. The molecule has 6 heterocycles. The Labute approximate surface area is 540 Å². The van der Waals surface area contributed by atoms with Gasteiger partial charge in [-0.15, -0.1) is 34.9 Å². The smallest absolute Gasteiger partial charge is 0.352 e. The number of aromatic nitrogens is 4. The standard InChI is InChI=1S/C69H56N8O12S3/c1-85-51-29-27-44(28-30-51)39-86-58-37-76(84)56(36-57(58)88-63(45-17-7-2-8-18-45)46-19-9-3-10-20-46)54-35-52(89-73-54)40-87-74-60(55-43-92-68(70-55)72-69(48-21-11-4-12-22-48,49-23-13-5-14-24-49)50-25-15-6-16-26-50)64(80)71-61-65(81)77-62(67(82)83)47(42-91-66(61)77)41-90-53-31-33-75(34-32-53)38-59(78)79/h2-37,43,61,63,66H,38-42H2,1H3,(H3-,70,71,72,78,79,80,82,83)/b74-60-/t61-,66-/m1/s1. The largest absolute Gasteiger partial charge is 0.618 e. The van der Waals surface area contributed by atoms with E-state index in [1.54, 1.807) is 37.0 Å². The number of thioether (sulfide) groups is 2. The molecule has 0 spiro atoms. The van der Waals surface area contributed by atoms with Crippen LogP contribution in [0.25, 0.3) is 11.4 Å². The zero-order chi connectivity index (χ0) is 63.6. The number of pyridine rings is 2. The average molecular weight is 1290 g/mol. The van der Waals surface area contributed by atoms with E-state index in [9.17, 15) is 34.6 Å². The highest BCUT2D eigenvalue weighted by atomic mass is 32.2. The molecule has 6 aromatic carbocycles. The van der Waals surface area contributed by atoms with Crippen molar-refractivity contribution in [1.82, 2.24) is 20.4 Å². The molecule has 2 aliphatic rings. The van der Waals surface area contributed by atoms with Gasteiger partial charge in [-0.3, -0.25) is 14.5 Å². The Hall–Kier alpha value is -10.8. The minimum atomic E-state index is -1.31. The van der Waals surface area contributed by atoms with Crippen molar-refractivity contribution >= 4 is 69.5 Å². The Kier molecular flexibility index (Phi) is 18.7. The molecule has 10 aromatic rings. The molecule has 2 amide bonds. The van der Waals surface area contributed by atoms with Gasteiger partial charge in [0, 0.05) is 40.0 Å². The van der Waals surface area contributed by atoms with Gasteiger partial charge in [0.1, 0.15) is 52.8 Å². The van der Waals surface area contributed by atoms with Crippen molar-refractivity contribution in [3.05, 3.63) is 285 Å². The molecule has 20 nitrogen and oxygen atoms in total. The van der Waals surface area contributed by atoms with Crippen LogP contribution in [0, 0.1) is 5.21 Å². The minimum Gasteiger partial charge on any atom is -0.618 e. The van der Waals surface area contributed by atoms with Crippen LogP contribution >= 0.6 is 34.9 Å². The second-order valence-electron chi connectivity index (χ2n) is 21.1. The summed E-state index contributed by atoms with van der Waals surface area (Å²) in [4.78, 5) is 65.9. The van der Waals surface area contributed by atoms with Crippen molar-refractivity contribution in [3.63, 3.8) is 0 Å². The van der Waals surface area contributed by atoms with Crippen LogP contribution in [-0.2, 0) is 49.3 Å². The van der Waals surface area contributed by atoms with Crippen LogP contribution in [0.5, 0.6) is 17.2 Å². The number of anilines is 1. The van der Waals surface area contributed by atoms with Crippen molar-refractivity contribution in [1.29, 1.82) is 0 Å². The fourth-order valence-corrected chi connectivity index (χ4v) is 13.8. The summed E-state index contributed by atoms with van der Waals surface area (Å²) in [5, 5.41) is 52.1. The molecule has 0 radical (unpaired) electrons. The number of rotatable bonds is 26. The third kappa shape index (κ3) is 13.5. The molecule has 2 aliphatic heterocycles. The molecule has 12 rings (SSSR count). The number of benzene rings is 6. The number of aliphatic carboxylic acids is 2. The number of carbonyl (C=O) groups excluding carboxylic acids is 3. The first-order chi connectivity index (χ1) is 44.9. The van der Waals surface area contributed by atoms with E-state index in [1.807, 2.05) is 176 Å². The van der Waals surface area contributed by atoms with Crippen molar-refractivity contribution in [2.45, 2.75) is 47.7 Å². The van der Waals surface area contributed by atoms with Crippen LogP contribution in [0.15, 0.2) is 250 Å². The number of carboxylic acids is 2. The molecule has 92 heavy (non-hydrogen) atoms. The summed E-state index contributed by atoms with van der Waals surface area (Å²) in [6, 6.07) is 61.5. The van der Waals surface area contributed by atoms with Gasteiger partial charge >= 0.3 is 5.97 Å². The Morgan fingerprint density at radius 2 is 1.42 bits per heavy atom. The number of hydrogen-bond donors (Lipinski definition) is 3. The van der Waals surface area contributed by atoms with Gasteiger partial charge in [-0.05, 0) is 51.1 Å². The summed E-state index contributed by atoms with van der Waals surface area (Å²) in [5.41, 5.74) is 4.42. The number of methoxy groups -OCH3 is 1. The topological polar surface area (TPSA) is 258 Å². The van der Waals surface area contributed by atoms with Crippen molar-refractivity contribution in [3.8, 4) is 28.6 Å². The van der Waals surface area contributed by atoms with E-state index in [1.165, 1.54) is 62.7 Å². The van der Waals surface area contributed by atoms with E-state index >= 15 is 0 Å². The van der Waals surface area contributed by atoms with E-state index in [4.69, 9.17) is 28.6 Å². The molecule has 462 valence electrons. The molecule has 4 aromatic heterocycles. The second kappa shape index (κ2) is 28.0. The van der Waals surface area contributed by atoms with Gasteiger partial charge in [-0.2, -0.15) is 9.30 Å². The summed E-state index contributed by atoms with van der Waals surface area (Å²) in [6.45, 7) is -0.637. The summed E-state index contributed by atoms with van der Waals surface area (Å²) >= 11 is 3.84. The van der Waals surface area contributed by atoms with Crippen LogP contribution < -0.4 is 39.2 Å². The fraction of sp³-hybridized carbons (Fsp3) is 0.145. The summed E-state index contributed by atoms with van der Waals surface area (Å²) in [7, 11) is 1.58. The lowest BCUT2D eigenvalue weighted by molar-refractivity contribution is -0.691. The Morgan fingerprint density at radius 1 is 0.815 bits per heavy atom. The van der Waals surface area contributed by atoms with E-state index in [0.717, 1.165) is 38.3 Å². The minimum absolute atomic E-state index is 0.0449. The number of thiazole rings is 1. The van der Waals surface area contributed by atoms with E-state index < -0.39 is 53.4 Å². The Bertz CT molecular complexity index is 4180. The van der Waals surface area contributed by atoms with Gasteiger partial charge < -0.3 is 54.4 Å². The molecular weight excluding hydrogens is 1230 g/mol. The predicted molar refractivity (Wildman–Crippen MR) is 342 cm³/mol. The number of ether oxygens (including phenoxy) is 3. The van der Waals surface area contributed by atoms with Crippen LogP contribution in [-0.4, -0.2) is 79.6 Å². The number of fused-ring (bicyclic) bond motifs is 1. The lowest BCUT2D eigenvalue weighted by Gasteiger charge is -2.49. The van der Waals surface area contributed by atoms with Gasteiger partial charge in [-0.25, -0.2) is 9.78 Å². The van der Waals surface area contributed by atoms with Gasteiger partial charge in [0.05, 0.1) is 13.2 Å². The quantitative estimate of drug-likeness (QED) is 0.00868. The number of carboxylic acid groups (broad SMARTS) is 2. The maximum Gasteiger partial charge on any atom is 0.352 e. The monoisotopic (exact) mass is 1280 g/mol. The molecule has 0 aliphatic carbocycles. The number of nitrogens with one attached hydrogen (secondary N) is 2. The zero-order valence-electron chi connectivity index (χ0n) is 49.0. The molecule has 1 fully saturated rings. The van der Waals surface area contributed by atoms with Crippen LogP contribution in [0.4, 0.5) is 5.13 Å². The van der Waals surface area contributed by atoms with Crippen molar-refractivity contribution in [2.24, 2.45) is 5.16 Å². The SMILES string of the molecule is COc1ccc(COc2c[n+]([O-])c(-c3cc(CO/N=C(\C(=O)N[C@@H]4C(=O)N5C(C(=O)O)=C(CSc6cc[n+](CC(=O)[O-])cc6)CS[C@H]45)c4csc(NC(c5ccccc5)(c5ccccc5)c5ccccc5)n4)on3)cc2OC(c2ccccc2)c2ccccc2)cc1. The molecule has 1 saturated heterocycles. The first-order valence-corrected chi connectivity index (χ1v) is 31.7. The molecule has 0 bridgehead atoms. The number of carbonyl (C=O) groups is 4. The lowest BCUT2D eigenvalue weighted by atomic mass is 9.77. The maximum atomic E-state index is 14.9. The number of amides is 2. The number of oxime groups is 1. The van der Waals surface area contributed by atoms with Crippen molar-refractivity contribution < 1.29 is 62.3 Å².